The van der Waals surface area contributed by atoms with Gasteiger partial charge in [-0.25, -0.2) is 4.52 Å². The molecule has 0 atom stereocenters. The summed E-state index contributed by atoms with van der Waals surface area (Å²) in [6, 6.07) is 12.6. The largest absolute Gasteiger partial charge is 0.416 e. The van der Waals surface area contributed by atoms with E-state index in [0.29, 0.717) is 35.8 Å². The molecule has 0 bridgehead atoms. The van der Waals surface area contributed by atoms with Crippen LogP contribution in [0.25, 0.3) is 5.65 Å². The van der Waals surface area contributed by atoms with E-state index in [1.54, 1.807) is 42.0 Å². The molecule has 0 spiro atoms. The lowest BCUT2D eigenvalue weighted by molar-refractivity contribution is -0.138. The van der Waals surface area contributed by atoms with Crippen molar-refractivity contribution in [3.05, 3.63) is 88.1 Å². The summed E-state index contributed by atoms with van der Waals surface area (Å²) in [5.74, 6) is 6.16. The maximum absolute atomic E-state index is 14.0. The number of carbonyl (C=O) groups excluding carboxylic acids is 1. The highest BCUT2D eigenvalue weighted by Crippen LogP contribution is 2.34. The topological polar surface area (TPSA) is 77.8 Å². The molecule has 4 aromatic rings. The average Bonchev–Trinajstić information content (AvgIpc) is 3.36. The van der Waals surface area contributed by atoms with E-state index in [2.05, 4.69) is 37.5 Å². The number of aryl methyl sites for hydroxylation is 1. The molecular weight excluding hydrogens is 531 g/mol. The van der Waals surface area contributed by atoms with Crippen LogP contribution in [0.3, 0.4) is 0 Å². The first kappa shape index (κ1) is 28.1. The van der Waals surface area contributed by atoms with Crippen molar-refractivity contribution in [2.45, 2.75) is 19.6 Å². The van der Waals surface area contributed by atoms with Crippen LogP contribution in [0.5, 0.6) is 0 Å². The molecule has 0 saturated carbocycles. The number of hydrogen-bond acceptors (Lipinski definition) is 6. The van der Waals surface area contributed by atoms with Crippen LogP contribution in [0.15, 0.2) is 54.7 Å². The van der Waals surface area contributed by atoms with Crippen LogP contribution in [0, 0.1) is 18.8 Å². The molecule has 41 heavy (non-hydrogen) atoms. The number of anilines is 2. The first-order valence-electron chi connectivity index (χ1n) is 13.2. The van der Waals surface area contributed by atoms with Gasteiger partial charge in [0.25, 0.3) is 5.91 Å². The molecule has 1 aliphatic rings. The number of alkyl halides is 3. The standard InChI is InChI=1S/C30H30F3N7O/c1-20-4-6-23(17-22(20)7-5-21-10-11-40-27(16-21)36-29(34-2)37-40)28(41)35-25-9-8-24(26(18-25)30(31,32)33)19-39-14-12-38(3)13-15-39/h4,6,8-11,16-18H,12-15,19H2,1-3H3,(H,34,37)(H,35,41). The van der Waals surface area contributed by atoms with Crippen LogP contribution < -0.4 is 10.6 Å². The van der Waals surface area contributed by atoms with Crippen molar-refractivity contribution in [1.29, 1.82) is 0 Å². The Bertz CT molecular complexity index is 1640. The number of halogens is 3. The van der Waals surface area contributed by atoms with Gasteiger partial charge in [-0.1, -0.05) is 24.0 Å². The number of nitrogens with zero attached hydrogens (tertiary/aromatic N) is 5. The Hall–Kier alpha value is -4.40. The van der Waals surface area contributed by atoms with Crippen LogP contribution in [0.2, 0.25) is 0 Å². The summed E-state index contributed by atoms with van der Waals surface area (Å²) in [5, 5.41) is 9.77. The highest BCUT2D eigenvalue weighted by atomic mass is 19.4. The molecule has 3 heterocycles. The van der Waals surface area contributed by atoms with E-state index in [1.165, 1.54) is 12.1 Å². The summed E-state index contributed by atoms with van der Waals surface area (Å²) in [4.78, 5) is 21.6. The number of aromatic nitrogens is 3. The molecule has 2 N–H and O–H groups in total. The normalized spacial score (nSPS) is 14.5. The minimum absolute atomic E-state index is 0.0835. The van der Waals surface area contributed by atoms with Gasteiger partial charge in [-0.2, -0.15) is 18.2 Å². The molecular formula is C30H30F3N7O. The van der Waals surface area contributed by atoms with Gasteiger partial charge in [-0.3, -0.25) is 9.69 Å². The monoisotopic (exact) mass is 561 g/mol. The van der Waals surface area contributed by atoms with Crippen molar-refractivity contribution >= 4 is 23.2 Å². The zero-order valence-electron chi connectivity index (χ0n) is 23.0. The van der Waals surface area contributed by atoms with Crippen LogP contribution in [0.1, 0.15) is 38.2 Å². The van der Waals surface area contributed by atoms with E-state index >= 15 is 0 Å². The summed E-state index contributed by atoms with van der Waals surface area (Å²) in [7, 11) is 3.74. The Balaban J connectivity index is 1.33. The van der Waals surface area contributed by atoms with Crippen LogP contribution in [0.4, 0.5) is 24.8 Å². The van der Waals surface area contributed by atoms with Gasteiger partial charge in [-0.05, 0) is 61.5 Å². The SMILES string of the molecule is CNc1nc2cc(C#Cc3cc(C(=O)Nc4ccc(CN5CCN(C)CC5)c(C(F)(F)F)c4)ccc3C)ccn2n1. The number of likely N-dealkylation sites (N-methyl/N-ethyl adjacent to an activating group) is 1. The quantitative estimate of drug-likeness (QED) is 0.350. The Morgan fingerprint density at radius 1 is 1.02 bits per heavy atom. The molecule has 0 aliphatic carbocycles. The lowest BCUT2D eigenvalue weighted by atomic mass is 10.0. The lowest BCUT2D eigenvalue weighted by Crippen LogP contribution is -2.44. The van der Waals surface area contributed by atoms with Crippen molar-refractivity contribution in [2.75, 3.05) is 50.9 Å². The molecule has 1 aliphatic heterocycles. The summed E-state index contributed by atoms with van der Waals surface area (Å²) >= 11 is 0. The van der Waals surface area contributed by atoms with Gasteiger partial charge in [0, 0.05) is 68.3 Å². The fraction of sp³-hybridized carbons (Fsp3) is 0.300. The molecule has 1 fully saturated rings. The molecule has 5 rings (SSSR count). The van der Waals surface area contributed by atoms with Gasteiger partial charge in [0.15, 0.2) is 5.65 Å². The first-order chi connectivity index (χ1) is 19.6. The van der Waals surface area contributed by atoms with Gasteiger partial charge < -0.3 is 15.5 Å². The smallest absolute Gasteiger partial charge is 0.356 e. The van der Waals surface area contributed by atoms with Crippen LogP contribution >= 0.6 is 0 Å². The minimum atomic E-state index is -4.54. The zero-order valence-corrected chi connectivity index (χ0v) is 23.0. The molecule has 8 nitrogen and oxygen atoms in total. The van der Waals surface area contributed by atoms with Crippen molar-refractivity contribution in [3.63, 3.8) is 0 Å². The Labute approximate surface area is 236 Å². The second-order valence-corrected chi connectivity index (χ2v) is 10.1. The summed E-state index contributed by atoms with van der Waals surface area (Å²) in [6.45, 7) is 5.12. The molecule has 0 unspecified atom stereocenters. The van der Waals surface area contributed by atoms with Crippen molar-refractivity contribution in [2.24, 2.45) is 0 Å². The van der Waals surface area contributed by atoms with Crippen LogP contribution in [-0.4, -0.2) is 70.6 Å². The molecule has 1 saturated heterocycles. The van der Waals surface area contributed by atoms with E-state index in [9.17, 15) is 18.0 Å². The third-order valence-electron chi connectivity index (χ3n) is 7.07. The summed E-state index contributed by atoms with van der Waals surface area (Å²) in [6.07, 6.45) is -2.78. The summed E-state index contributed by atoms with van der Waals surface area (Å²) in [5.41, 5.74) is 2.69. The van der Waals surface area contributed by atoms with E-state index in [1.807, 2.05) is 24.9 Å². The number of amides is 1. The van der Waals surface area contributed by atoms with Crippen LogP contribution in [-0.2, 0) is 12.7 Å². The molecule has 2 aromatic carbocycles. The third-order valence-corrected chi connectivity index (χ3v) is 7.07. The van der Waals surface area contributed by atoms with Gasteiger partial charge >= 0.3 is 6.18 Å². The Morgan fingerprint density at radius 2 is 1.80 bits per heavy atom. The van der Waals surface area contributed by atoms with E-state index in [4.69, 9.17) is 0 Å². The number of fused-ring (bicyclic) bond motifs is 1. The fourth-order valence-electron chi connectivity index (χ4n) is 4.61. The molecule has 11 heteroatoms. The highest BCUT2D eigenvalue weighted by molar-refractivity contribution is 6.04. The molecule has 0 radical (unpaired) electrons. The summed E-state index contributed by atoms with van der Waals surface area (Å²) < 4.78 is 43.5. The number of piperazine rings is 1. The zero-order chi connectivity index (χ0) is 29.1. The minimum Gasteiger partial charge on any atom is -0.356 e. The van der Waals surface area contributed by atoms with Gasteiger partial charge in [0.2, 0.25) is 5.95 Å². The maximum atomic E-state index is 14.0. The van der Waals surface area contributed by atoms with E-state index in [-0.39, 0.29) is 17.8 Å². The van der Waals surface area contributed by atoms with Gasteiger partial charge in [-0.15, -0.1) is 5.10 Å². The fourth-order valence-corrected chi connectivity index (χ4v) is 4.61. The predicted molar refractivity (Wildman–Crippen MR) is 152 cm³/mol. The Morgan fingerprint density at radius 3 is 2.54 bits per heavy atom. The second-order valence-electron chi connectivity index (χ2n) is 10.1. The van der Waals surface area contributed by atoms with E-state index < -0.39 is 17.6 Å². The number of benzene rings is 2. The van der Waals surface area contributed by atoms with Crippen molar-refractivity contribution in [3.8, 4) is 11.8 Å². The first-order valence-corrected chi connectivity index (χ1v) is 13.2. The number of nitrogens with one attached hydrogen (secondary N) is 2. The van der Waals surface area contributed by atoms with Crippen molar-refractivity contribution < 1.29 is 18.0 Å². The average molecular weight is 562 g/mol. The number of pyridine rings is 1. The lowest BCUT2D eigenvalue weighted by Gasteiger charge is -2.33. The van der Waals surface area contributed by atoms with Gasteiger partial charge in [0.1, 0.15) is 0 Å². The number of rotatable bonds is 5. The predicted octanol–water partition coefficient (Wildman–Crippen LogP) is 4.50. The number of carbonyl (C=O) groups is 1. The molecule has 2 aromatic heterocycles. The molecule has 212 valence electrons. The second kappa shape index (κ2) is 11.6. The maximum Gasteiger partial charge on any atom is 0.416 e. The third kappa shape index (κ3) is 6.67. The molecule has 1 amide bonds. The number of hydrogen-bond donors (Lipinski definition) is 2. The highest BCUT2D eigenvalue weighted by Gasteiger charge is 2.34. The van der Waals surface area contributed by atoms with Crippen molar-refractivity contribution in [1.82, 2.24) is 24.4 Å². The van der Waals surface area contributed by atoms with E-state index in [0.717, 1.165) is 30.3 Å². The van der Waals surface area contributed by atoms with Gasteiger partial charge in [0.05, 0.1) is 5.56 Å². The Kier molecular flexibility index (Phi) is 7.97.